The van der Waals surface area contributed by atoms with Crippen molar-refractivity contribution in [1.82, 2.24) is 15.2 Å². The van der Waals surface area contributed by atoms with Gasteiger partial charge in [0.15, 0.2) is 0 Å². The van der Waals surface area contributed by atoms with Gasteiger partial charge in [-0.15, -0.1) is 0 Å². The van der Waals surface area contributed by atoms with Crippen LogP contribution in [0, 0.1) is 24.6 Å². The van der Waals surface area contributed by atoms with Crippen LogP contribution in [0.4, 0.5) is 4.39 Å². The first-order valence-electron chi connectivity index (χ1n) is 10.9. The number of halogens is 1. The first kappa shape index (κ1) is 23.6. The summed E-state index contributed by atoms with van der Waals surface area (Å²) in [5.74, 6) is 1.45. The van der Waals surface area contributed by atoms with E-state index in [1.807, 2.05) is 0 Å². The van der Waals surface area contributed by atoms with Crippen LogP contribution in [0.5, 0.6) is 0 Å². The van der Waals surface area contributed by atoms with Crippen molar-refractivity contribution in [3.05, 3.63) is 41.5 Å². The Balaban J connectivity index is 1.41. The summed E-state index contributed by atoms with van der Waals surface area (Å²) in [6.45, 7) is 10.1. The van der Waals surface area contributed by atoms with Crippen LogP contribution in [0.15, 0.2) is 28.7 Å². The molecule has 0 saturated carbocycles. The van der Waals surface area contributed by atoms with Crippen LogP contribution in [0.1, 0.15) is 38.1 Å². The van der Waals surface area contributed by atoms with Crippen molar-refractivity contribution in [2.45, 2.75) is 39.4 Å². The molecule has 1 aliphatic rings. The molecule has 8 heteroatoms. The predicted molar refractivity (Wildman–Crippen MR) is 120 cm³/mol. The lowest BCUT2D eigenvalue weighted by molar-refractivity contribution is -0.118. The minimum absolute atomic E-state index is 0.0842. The molecule has 1 aliphatic heterocycles. The van der Waals surface area contributed by atoms with Crippen LogP contribution < -0.4 is 5.32 Å². The summed E-state index contributed by atoms with van der Waals surface area (Å²) in [7, 11) is -1.42. The number of hydrogen-bond acceptors (Lipinski definition) is 5. The first-order chi connectivity index (χ1) is 14.8. The molecule has 3 rings (SSSR count). The maximum Gasteiger partial charge on any atom is 0.232 e. The standard InChI is InChI=1S/C23H32FN3O3S/c1-16-11-17(2)13-27(12-16)10-6-9-25-22(28)15-31(29)14-21-18(3)30-23(26-21)19-7-4-5-8-20(19)24/h4-5,7-8,16-17H,6,9-15H2,1-3H3,(H,25,28)/t16-,17-,31+/m0/s1. The van der Waals surface area contributed by atoms with Gasteiger partial charge in [0.2, 0.25) is 11.8 Å². The van der Waals surface area contributed by atoms with Crippen LogP contribution in [-0.4, -0.2) is 51.9 Å². The number of likely N-dealkylation sites (tertiary alicyclic amines) is 1. The normalized spacial score (nSPS) is 20.5. The smallest absolute Gasteiger partial charge is 0.232 e. The van der Waals surface area contributed by atoms with E-state index in [9.17, 15) is 13.4 Å². The van der Waals surface area contributed by atoms with Crippen molar-refractivity contribution in [2.24, 2.45) is 11.8 Å². The molecule has 6 nitrogen and oxygen atoms in total. The third kappa shape index (κ3) is 6.97. The van der Waals surface area contributed by atoms with Gasteiger partial charge in [-0.25, -0.2) is 9.37 Å². The van der Waals surface area contributed by atoms with Gasteiger partial charge in [0.05, 0.1) is 17.0 Å². The fourth-order valence-corrected chi connectivity index (χ4v) is 5.29. The average molecular weight is 450 g/mol. The number of nitrogens with one attached hydrogen (secondary N) is 1. The van der Waals surface area contributed by atoms with Gasteiger partial charge in [0.1, 0.15) is 17.3 Å². The molecule has 170 valence electrons. The van der Waals surface area contributed by atoms with Gasteiger partial charge in [-0.1, -0.05) is 26.0 Å². The summed E-state index contributed by atoms with van der Waals surface area (Å²) < 4.78 is 31.9. The van der Waals surface area contributed by atoms with E-state index in [0.717, 1.165) is 37.9 Å². The fourth-order valence-electron chi connectivity index (χ4n) is 4.22. The van der Waals surface area contributed by atoms with Crippen molar-refractivity contribution in [3.8, 4) is 11.5 Å². The second-order valence-corrected chi connectivity index (χ2v) is 10.1. The number of aromatic nitrogens is 1. The van der Waals surface area contributed by atoms with Crippen molar-refractivity contribution >= 4 is 16.7 Å². The third-order valence-corrected chi connectivity index (χ3v) is 6.68. The number of carbonyl (C=O) groups is 1. The maximum absolute atomic E-state index is 13.9. The van der Waals surface area contributed by atoms with E-state index < -0.39 is 16.6 Å². The zero-order valence-electron chi connectivity index (χ0n) is 18.5. The van der Waals surface area contributed by atoms with Gasteiger partial charge in [-0.2, -0.15) is 0 Å². The monoisotopic (exact) mass is 449 g/mol. The Hall–Kier alpha value is -2.06. The summed E-state index contributed by atoms with van der Waals surface area (Å²) in [6, 6.07) is 6.22. The number of oxazole rings is 1. The summed E-state index contributed by atoms with van der Waals surface area (Å²) in [5.41, 5.74) is 0.746. The van der Waals surface area contributed by atoms with Gasteiger partial charge in [-0.3, -0.25) is 9.00 Å². The molecule has 3 atom stereocenters. The zero-order chi connectivity index (χ0) is 22.4. The lowest BCUT2D eigenvalue weighted by atomic mass is 9.92. The van der Waals surface area contributed by atoms with Gasteiger partial charge in [-0.05, 0) is 50.3 Å². The Kier molecular flexibility index (Phi) is 8.37. The Morgan fingerprint density at radius 3 is 2.71 bits per heavy atom. The quantitative estimate of drug-likeness (QED) is 0.593. The molecule has 2 aromatic rings. The lowest BCUT2D eigenvalue weighted by Crippen LogP contribution is -2.40. The molecule has 2 heterocycles. The highest BCUT2D eigenvalue weighted by Crippen LogP contribution is 2.25. The van der Waals surface area contributed by atoms with Crippen molar-refractivity contribution in [2.75, 3.05) is 31.9 Å². The van der Waals surface area contributed by atoms with Gasteiger partial charge in [0, 0.05) is 30.4 Å². The number of hydrogen-bond donors (Lipinski definition) is 1. The van der Waals surface area contributed by atoms with Crippen molar-refractivity contribution in [3.63, 3.8) is 0 Å². The molecule has 1 aromatic heterocycles. The first-order valence-corrected chi connectivity index (χ1v) is 12.4. The lowest BCUT2D eigenvalue weighted by Gasteiger charge is -2.34. The summed E-state index contributed by atoms with van der Waals surface area (Å²) >= 11 is 0. The molecular weight excluding hydrogens is 417 g/mol. The van der Waals surface area contributed by atoms with Crippen LogP contribution >= 0.6 is 0 Å². The van der Waals surface area contributed by atoms with Crippen LogP contribution in [0.2, 0.25) is 0 Å². The van der Waals surface area contributed by atoms with Crippen molar-refractivity contribution in [1.29, 1.82) is 0 Å². The molecule has 1 fully saturated rings. The molecule has 0 bridgehead atoms. The highest BCUT2D eigenvalue weighted by Gasteiger charge is 2.21. The molecule has 0 spiro atoms. The molecule has 0 radical (unpaired) electrons. The number of rotatable bonds is 9. The number of aryl methyl sites for hydroxylation is 1. The number of carbonyl (C=O) groups excluding carboxylic acids is 1. The number of nitrogens with zero attached hydrogens (tertiary/aromatic N) is 2. The minimum Gasteiger partial charge on any atom is -0.441 e. The summed E-state index contributed by atoms with van der Waals surface area (Å²) in [4.78, 5) is 18.9. The Labute approximate surface area is 186 Å². The van der Waals surface area contributed by atoms with E-state index in [0.29, 0.717) is 18.0 Å². The maximum atomic E-state index is 13.9. The average Bonchev–Trinajstić information content (AvgIpc) is 3.05. The van der Waals surface area contributed by atoms with Crippen LogP contribution in [0.25, 0.3) is 11.5 Å². The Morgan fingerprint density at radius 2 is 2.00 bits per heavy atom. The van der Waals surface area contributed by atoms with Gasteiger partial charge >= 0.3 is 0 Å². The fraction of sp³-hybridized carbons (Fsp3) is 0.565. The van der Waals surface area contributed by atoms with Gasteiger partial charge in [0.25, 0.3) is 0 Å². The number of amides is 1. The Morgan fingerprint density at radius 1 is 1.29 bits per heavy atom. The summed E-state index contributed by atoms with van der Waals surface area (Å²) in [5, 5.41) is 2.86. The topological polar surface area (TPSA) is 75.4 Å². The largest absolute Gasteiger partial charge is 0.441 e. The third-order valence-electron chi connectivity index (χ3n) is 5.50. The Bertz CT molecular complexity index is 907. The number of benzene rings is 1. The van der Waals surface area contributed by atoms with E-state index in [4.69, 9.17) is 4.42 Å². The minimum atomic E-state index is -1.42. The van der Waals surface area contributed by atoms with Gasteiger partial charge < -0.3 is 14.6 Å². The van der Waals surface area contributed by atoms with Crippen LogP contribution in [-0.2, 0) is 21.3 Å². The van der Waals surface area contributed by atoms with Crippen molar-refractivity contribution < 1.29 is 17.8 Å². The highest BCUT2D eigenvalue weighted by molar-refractivity contribution is 7.84. The van der Waals surface area contributed by atoms with E-state index >= 15 is 0 Å². The highest BCUT2D eigenvalue weighted by atomic mass is 32.2. The summed E-state index contributed by atoms with van der Waals surface area (Å²) in [6.07, 6.45) is 2.16. The van der Waals surface area contributed by atoms with E-state index in [2.05, 4.69) is 29.0 Å². The SMILES string of the molecule is Cc1oc(-c2ccccc2F)nc1C[S@@](=O)CC(=O)NCCCN1C[C@@H](C)C[C@H](C)C1. The zero-order valence-corrected chi connectivity index (χ0v) is 19.3. The molecule has 1 aromatic carbocycles. The van der Waals surface area contributed by atoms with E-state index in [1.165, 1.54) is 12.5 Å². The molecule has 0 aliphatic carbocycles. The molecule has 0 unspecified atom stereocenters. The molecule has 1 saturated heterocycles. The number of piperidine rings is 1. The molecular formula is C23H32FN3O3S. The second kappa shape index (κ2) is 11.0. The molecule has 31 heavy (non-hydrogen) atoms. The van der Waals surface area contributed by atoms with E-state index in [1.54, 1.807) is 25.1 Å². The van der Waals surface area contributed by atoms with Crippen LogP contribution in [0.3, 0.4) is 0 Å². The second-order valence-electron chi connectivity index (χ2n) is 8.64. The molecule has 1 amide bonds. The van der Waals surface area contributed by atoms with E-state index in [-0.39, 0.29) is 28.9 Å². The molecule has 1 N–H and O–H groups in total. The predicted octanol–water partition coefficient (Wildman–Crippen LogP) is 3.52.